The highest BCUT2D eigenvalue weighted by atomic mass is 16.5. The molecule has 2 fully saturated rings. The minimum absolute atomic E-state index is 0.00629. The lowest BCUT2D eigenvalue weighted by Gasteiger charge is -2.40. The maximum atomic E-state index is 13.4. The van der Waals surface area contributed by atoms with Crippen LogP contribution in [0, 0.1) is 6.92 Å². The second-order valence-corrected chi connectivity index (χ2v) is 7.85. The number of aryl methyl sites for hydroxylation is 1. The quantitative estimate of drug-likeness (QED) is 0.811. The summed E-state index contributed by atoms with van der Waals surface area (Å²) in [4.78, 5) is 31.6. The van der Waals surface area contributed by atoms with Gasteiger partial charge in [0, 0.05) is 39.3 Å². The van der Waals surface area contributed by atoms with Gasteiger partial charge in [-0.2, -0.15) is 0 Å². The average molecular weight is 373 g/mol. The van der Waals surface area contributed by atoms with E-state index in [1.807, 2.05) is 36.1 Å². The summed E-state index contributed by atoms with van der Waals surface area (Å²) in [7, 11) is 1.77. The van der Waals surface area contributed by atoms with Crippen molar-refractivity contribution in [1.82, 2.24) is 14.7 Å². The van der Waals surface area contributed by atoms with Crippen molar-refractivity contribution in [2.24, 2.45) is 0 Å². The SMILES string of the molecule is Cc1ccccc1[C@@H]1[C@@H](C(=O)N2CCCN(C(C)C)CC2)OCC(=O)N1C. The van der Waals surface area contributed by atoms with E-state index in [1.54, 1.807) is 11.9 Å². The molecule has 0 saturated carbocycles. The van der Waals surface area contributed by atoms with E-state index in [2.05, 4.69) is 18.7 Å². The van der Waals surface area contributed by atoms with Crippen molar-refractivity contribution in [2.45, 2.75) is 45.4 Å². The number of carbonyl (C=O) groups is 2. The fraction of sp³-hybridized carbons (Fsp3) is 0.619. The molecule has 2 saturated heterocycles. The molecule has 3 rings (SSSR count). The van der Waals surface area contributed by atoms with Crippen LogP contribution in [0.3, 0.4) is 0 Å². The lowest BCUT2D eigenvalue weighted by Crippen LogP contribution is -2.54. The van der Waals surface area contributed by atoms with Gasteiger partial charge in [-0.05, 0) is 38.3 Å². The molecule has 0 radical (unpaired) electrons. The van der Waals surface area contributed by atoms with Crippen molar-refractivity contribution in [3.63, 3.8) is 0 Å². The lowest BCUT2D eigenvalue weighted by molar-refractivity contribution is -0.167. The summed E-state index contributed by atoms with van der Waals surface area (Å²) in [5.41, 5.74) is 2.04. The van der Waals surface area contributed by atoms with Gasteiger partial charge in [0.15, 0.2) is 6.10 Å². The Balaban J connectivity index is 1.83. The molecular weight excluding hydrogens is 342 g/mol. The van der Waals surface area contributed by atoms with Crippen LogP contribution in [0.4, 0.5) is 0 Å². The van der Waals surface area contributed by atoms with E-state index in [1.165, 1.54) is 0 Å². The Kier molecular flexibility index (Phi) is 6.17. The smallest absolute Gasteiger partial charge is 0.254 e. The van der Waals surface area contributed by atoms with Crippen molar-refractivity contribution in [2.75, 3.05) is 39.8 Å². The highest BCUT2D eigenvalue weighted by Crippen LogP contribution is 2.32. The molecule has 1 aromatic rings. The van der Waals surface area contributed by atoms with Crippen LogP contribution in [0.25, 0.3) is 0 Å². The Morgan fingerprint density at radius 2 is 1.89 bits per heavy atom. The lowest BCUT2D eigenvalue weighted by atomic mass is 9.93. The molecule has 0 aromatic heterocycles. The number of benzene rings is 1. The molecule has 2 amide bonds. The van der Waals surface area contributed by atoms with Crippen LogP contribution in [0.15, 0.2) is 24.3 Å². The average Bonchev–Trinajstić information content (AvgIpc) is 2.90. The van der Waals surface area contributed by atoms with Gasteiger partial charge in [-0.3, -0.25) is 14.5 Å². The number of rotatable bonds is 3. The van der Waals surface area contributed by atoms with Crippen LogP contribution in [0.5, 0.6) is 0 Å². The molecule has 6 nitrogen and oxygen atoms in total. The first-order chi connectivity index (χ1) is 12.9. The summed E-state index contributed by atoms with van der Waals surface area (Å²) in [6.45, 7) is 9.67. The number of likely N-dealkylation sites (N-methyl/N-ethyl adjacent to an activating group) is 1. The van der Waals surface area contributed by atoms with E-state index in [-0.39, 0.29) is 24.5 Å². The summed E-state index contributed by atoms with van der Waals surface area (Å²) in [6, 6.07) is 8.01. The molecule has 1 aromatic carbocycles. The molecule has 148 valence electrons. The van der Waals surface area contributed by atoms with Gasteiger partial charge >= 0.3 is 0 Å². The van der Waals surface area contributed by atoms with Gasteiger partial charge in [0.25, 0.3) is 5.91 Å². The standard InChI is InChI=1S/C21H31N3O3/c1-15(2)23-10-7-11-24(13-12-23)21(26)20-19(22(4)18(25)14-27-20)17-9-6-5-8-16(17)3/h5-6,8-9,15,19-20H,7,10-14H2,1-4H3/t19-,20+/m1/s1. The van der Waals surface area contributed by atoms with Gasteiger partial charge in [-0.25, -0.2) is 0 Å². The molecule has 6 heteroatoms. The van der Waals surface area contributed by atoms with Crippen molar-refractivity contribution < 1.29 is 14.3 Å². The molecule has 27 heavy (non-hydrogen) atoms. The molecule has 2 atom stereocenters. The van der Waals surface area contributed by atoms with Crippen LogP contribution in [0.1, 0.15) is 37.4 Å². The summed E-state index contributed by atoms with van der Waals surface area (Å²) >= 11 is 0. The molecule has 0 unspecified atom stereocenters. The third kappa shape index (κ3) is 4.17. The number of carbonyl (C=O) groups excluding carboxylic acids is 2. The maximum Gasteiger partial charge on any atom is 0.254 e. The predicted molar refractivity (Wildman–Crippen MR) is 104 cm³/mol. The van der Waals surface area contributed by atoms with E-state index in [0.717, 1.165) is 37.2 Å². The van der Waals surface area contributed by atoms with Crippen LogP contribution in [0.2, 0.25) is 0 Å². The number of morpholine rings is 1. The van der Waals surface area contributed by atoms with Crippen molar-refractivity contribution >= 4 is 11.8 Å². The fourth-order valence-electron chi connectivity index (χ4n) is 4.06. The van der Waals surface area contributed by atoms with E-state index >= 15 is 0 Å². The number of ether oxygens (including phenoxy) is 1. The van der Waals surface area contributed by atoms with Crippen molar-refractivity contribution in [3.8, 4) is 0 Å². The number of nitrogens with zero attached hydrogens (tertiary/aromatic N) is 3. The maximum absolute atomic E-state index is 13.4. The minimum atomic E-state index is -0.653. The van der Waals surface area contributed by atoms with Crippen LogP contribution in [-0.2, 0) is 14.3 Å². The Morgan fingerprint density at radius 1 is 1.15 bits per heavy atom. The largest absolute Gasteiger partial charge is 0.356 e. The summed E-state index contributed by atoms with van der Waals surface area (Å²) < 4.78 is 5.82. The fourth-order valence-corrected chi connectivity index (χ4v) is 4.06. The van der Waals surface area contributed by atoms with Crippen LogP contribution in [-0.4, -0.2) is 78.5 Å². The number of hydrogen-bond acceptors (Lipinski definition) is 4. The Hall–Kier alpha value is -1.92. The second-order valence-electron chi connectivity index (χ2n) is 7.85. The van der Waals surface area contributed by atoms with Crippen molar-refractivity contribution in [1.29, 1.82) is 0 Å². The summed E-state index contributed by atoms with van der Waals surface area (Å²) in [5, 5.41) is 0. The molecule has 0 aliphatic carbocycles. The van der Waals surface area contributed by atoms with Gasteiger partial charge in [0.1, 0.15) is 6.61 Å². The molecule has 2 heterocycles. The Bertz CT molecular complexity index is 691. The van der Waals surface area contributed by atoms with E-state index in [9.17, 15) is 9.59 Å². The van der Waals surface area contributed by atoms with Gasteiger partial charge in [-0.15, -0.1) is 0 Å². The zero-order chi connectivity index (χ0) is 19.6. The summed E-state index contributed by atoms with van der Waals surface area (Å²) in [5.74, 6) is -0.0950. The molecule has 2 aliphatic rings. The summed E-state index contributed by atoms with van der Waals surface area (Å²) in [6.07, 6.45) is 0.305. The van der Waals surface area contributed by atoms with Gasteiger partial charge < -0.3 is 14.5 Å². The molecule has 2 aliphatic heterocycles. The van der Waals surface area contributed by atoms with Gasteiger partial charge in [0.2, 0.25) is 5.91 Å². The zero-order valence-corrected chi connectivity index (χ0v) is 16.9. The van der Waals surface area contributed by atoms with E-state index in [4.69, 9.17) is 4.74 Å². The molecule has 0 spiro atoms. The predicted octanol–water partition coefficient (Wildman–Crippen LogP) is 1.84. The minimum Gasteiger partial charge on any atom is -0.356 e. The molecular formula is C21H31N3O3. The van der Waals surface area contributed by atoms with Gasteiger partial charge in [-0.1, -0.05) is 24.3 Å². The third-order valence-electron chi connectivity index (χ3n) is 5.81. The zero-order valence-electron chi connectivity index (χ0n) is 16.9. The Morgan fingerprint density at radius 3 is 2.59 bits per heavy atom. The van der Waals surface area contributed by atoms with E-state index in [0.29, 0.717) is 12.6 Å². The normalized spacial score (nSPS) is 25.0. The van der Waals surface area contributed by atoms with E-state index < -0.39 is 6.10 Å². The number of amides is 2. The first-order valence-corrected chi connectivity index (χ1v) is 9.85. The first kappa shape index (κ1) is 19.8. The number of hydrogen-bond donors (Lipinski definition) is 0. The topological polar surface area (TPSA) is 53.1 Å². The Labute approximate surface area is 162 Å². The van der Waals surface area contributed by atoms with Crippen LogP contribution >= 0.6 is 0 Å². The second kappa shape index (κ2) is 8.40. The van der Waals surface area contributed by atoms with Crippen LogP contribution < -0.4 is 0 Å². The highest BCUT2D eigenvalue weighted by Gasteiger charge is 2.42. The molecule has 0 bridgehead atoms. The monoisotopic (exact) mass is 373 g/mol. The van der Waals surface area contributed by atoms with Gasteiger partial charge in [0.05, 0.1) is 6.04 Å². The van der Waals surface area contributed by atoms with Crippen molar-refractivity contribution in [3.05, 3.63) is 35.4 Å². The first-order valence-electron chi connectivity index (χ1n) is 9.85. The third-order valence-corrected chi connectivity index (χ3v) is 5.81. The molecule has 0 N–H and O–H groups in total. The highest BCUT2D eigenvalue weighted by molar-refractivity contribution is 5.86.